The first-order chi connectivity index (χ1) is 14.9. The summed E-state index contributed by atoms with van der Waals surface area (Å²) in [5.74, 6) is -0.742. The summed E-state index contributed by atoms with van der Waals surface area (Å²) in [5.41, 5.74) is 7.19. The highest BCUT2D eigenvalue weighted by atomic mass is 35.5. The molecule has 2 heterocycles. The number of hydrogen-bond acceptors (Lipinski definition) is 9. The topological polar surface area (TPSA) is 137 Å². The van der Waals surface area contributed by atoms with Crippen molar-refractivity contribution in [2.45, 2.75) is 13.0 Å². The second-order valence-electron chi connectivity index (χ2n) is 6.16. The van der Waals surface area contributed by atoms with Gasteiger partial charge in [-0.1, -0.05) is 47.2 Å². The molecule has 164 valence electrons. The van der Waals surface area contributed by atoms with Crippen LogP contribution in [0.15, 0.2) is 47.1 Å². The van der Waals surface area contributed by atoms with E-state index < -0.39 is 16.0 Å². The summed E-state index contributed by atoms with van der Waals surface area (Å²) in [7, 11) is -3.68. The van der Waals surface area contributed by atoms with E-state index in [0.29, 0.717) is 16.5 Å². The van der Waals surface area contributed by atoms with Crippen LogP contribution in [0, 0.1) is 0 Å². The predicted octanol–water partition coefficient (Wildman–Crippen LogP) is 3.10. The van der Waals surface area contributed by atoms with E-state index in [1.165, 1.54) is 18.4 Å². The number of nitrogens with one attached hydrogen (secondary N) is 1. The Morgan fingerprint density at radius 3 is 2.87 bits per heavy atom. The normalized spacial score (nSPS) is 11.7. The third kappa shape index (κ3) is 6.62. The molecule has 12 heteroatoms. The number of hydrogen-bond donors (Lipinski definition) is 2. The van der Waals surface area contributed by atoms with Gasteiger partial charge in [0, 0.05) is 18.0 Å². The number of ether oxygens (including phenoxy) is 1. The lowest BCUT2D eigenvalue weighted by Crippen LogP contribution is -2.15. The maximum absolute atomic E-state index is 12.3. The summed E-state index contributed by atoms with van der Waals surface area (Å²) >= 11 is 7.16. The van der Waals surface area contributed by atoms with Gasteiger partial charge < -0.3 is 14.9 Å². The first-order valence-corrected chi connectivity index (χ1v) is 11.9. The number of aromatic nitrogens is 2. The number of halogens is 1. The molecule has 0 aliphatic rings. The Labute approximate surface area is 187 Å². The average Bonchev–Trinajstić information content (AvgIpc) is 3.40. The van der Waals surface area contributed by atoms with E-state index in [0.717, 1.165) is 22.5 Å². The molecule has 0 amide bonds. The summed E-state index contributed by atoms with van der Waals surface area (Å²) < 4.78 is 37.0. The molecule has 9 nitrogen and oxygen atoms in total. The van der Waals surface area contributed by atoms with E-state index >= 15 is 0 Å². The average molecular weight is 483 g/mol. The highest BCUT2D eigenvalue weighted by Gasteiger charge is 2.14. The Hall–Kier alpha value is -2.73. The molecular weight excluding hydrogens is 464 g/mol. The van der Waals surface area contributed by atoms with Gasteiger partial charge in [-0.2, -0.15) is 0 Å². The molecular formula is C19H19ClN4O5S2. The Bertz CT molecular complexity index is 1160. The van der Waals surface area contributed by atoms with E-state index in [4.69, 9.17) is 26.5 Å². The minimum Gasteiger partial charge on any atom is -0.459 e. The zero-order valence-corrected chi connectivity index (χ0v) is 18.5. The molecule has 0 saturated heterocycles. The van der Waals surface area contributed by atoms with Crippen LogP contribution in [0.1, 0.15) is 26.7 Å². The fourth-order valence-electron chi connectivity index (χ4n) is 2.52. The van der Waals surface area contributed by atoms with Gasteiger partial charge in [-0.3, -0.25) is 4.72 Å². The number of furan rings is 1. The third-order valence-electron chi connectivity index (χ3n) is 3.95. The molecule has 0 saturated carbocycles. The number of anilines is 1. The van der Waals surface area contributed by atoms with Crippen LogP contribution in [0.5, 0.6) is 0 Å². The molecule has 1 aromatic carbocycles. The fraction of sp³-hybridized carbons (Fsp3) is 0.211. The monoisotopic (exact) mass is 482 g/mol. The lowest BCUT2D eigenvalue weighted by Gasteiger charge is -2.05. The number of rotatable bonds is 10. The minimum atomic E-state index is -3.68. The highest BCUT2D eigenvalue weighted by molar-refractivity contribution is 7.93. The van der Waals surface area contributed by atoms with E-state index in [1.807, 2.05) is 0 Å². The fourth-order valence-corrected chi connectivity index (χ4v) is 4.63. The van der Waals surface area contributed by atoms with Gasteiger partial charge in [-0.05, 0) is 29.3 Å². The summed E-state index contributed by atoms with van der Waals surface area (Å²) in [5, 5.41) is 8.90. The van der Waals surface area contributed by atoms with Crippen LogP contribution in [0.2, 0.25) is 5.02 Å². The maximum Gasteiger partial charge on any atom is 0.374 e. The zero-order chi connectivity index (χ0) is 22.3. The molecule has 0 atom stereocenters. The second kappa shape index (κ2) is 10.5. The van der Waals surface area contributed by atoms with Gasteiger partial charge in [-0.15, -0.1) is 10.2 Å². The molecule has 2 aromatic heterocycles. The molecule has 31 heavy (non-hydrogen) atoms. The van der Waals surface area contributed by atoms with Gasteiger partial charge in [0.1, 0.15) is 5.01 Å². The lowest BCUT2D eigenvalue weighted by molar-refractivity contribution is 0.0473. The lowest BCUT2D eigenvalue weighted by atomic mass is 10.1. The Balaban J connectivity index is 1.51. The first-order valence-electron chi connectivity index (χ1n) is 9.05. The predicted molar refractivity (Wildman–Crippen MR) is 118 cm³/mol. The van der Waals surface area contributed by atoms with Crippen LogP contribution < -0.4 is 10.5 Å². The van der Waals surface area contributed by atoms with Gasteiger partial charge in [0.2, 0.25) is 20.9 Å². The SMILES string of the molecule is NCc1c(Cl)cccc1C=CCS(=O)(=O)Nc1nnc(CCOC(=O)c2ccco2)s1. The van der Waals surface area contributed by atoms with Crippen molar-refractivity contribution in [3.05, 3.63) is 69.6 Å². The van der Waals surface area contributed by atoms with Gasteiger partial charge in [0.05, 0.1) is 18.6 Å². The number of nitrogens with two attached hydrogens (primary N) is 1. The van der Waals surface area contributed by atoms with Crippen LogP contribution in [0.25, 0.3) is 6.08 Å². The van der Waals surface area contributed by atoms with Crippen molar-refractivity contribution >= 4 is 50.1 Å². The van der Waals surface area contributed by atoms with Gasteiger partial charge in [-0.25, -0.2) is 13.2 Å². The molecule has 0 fully saturated rings. The van der Waals surface area contributed by atoms with Gasteiger partial charge in [0.25, 0.3) is 0 Å². The Morgan fingerprint density at radius 2 is 2.13 bits per heavy atom. The first kappa shape index (κ1) is 22.9. The number of sulfonamides is 1. The Kier molecular flexibility index (Phi) is 7.80. The van der Waals surface area contributed by atoms with Crippen LogP contribution in [0.3, 0.4) is 0 Å². The Morgan fingerprint density at radius 1 is 1.29 bits per heavy atom. The van der Waals surface area contributed by atoms with E-state index in [1.54, 1.807) is 30.3 Å². The molecule has 0 spiro atoms. The number of esters is 1. The van der Waals surface area contributed by atoms with E-state index in [9.17, 15) is 13.2 Å². The van der Waals surface area contributed by atoms with Crippen LogP contribution >= 0.6 is 22.9 Å². The molecule has 0 bridgehead atoms. The highest BCUT2D eigenvalue weighted by Crippen LogP contribution is 2.21. The summed E-state index contributed by atoms with van der Waals surface area (Å²) in [6.07, 6.45) is 4.83. The minimum absolute atomic E-state index is 0.0623. The number of benzene rings is 1. The van der Waals surface area contributed by atoms with Crippen molar-refractivity contribution < 1.29 is 22.4 Å². The summed E-state index contributed by atoms with van der Waals surface area (Å²) in [6, 6.07) is 8.38. The van der Waals surface area contributed by atoms with E-state index in [-0.39, 0.29) is 29.8 Å². The standard InChI is InChI=1S/C19H19ClN4O5S2/c20-15-6-1-4-13(14(15)12-21)5-3-11-31(26,27)24-19-23-22-17(30-19)8-10-29-18(25)16-7-2-9-28-16/h1-7,9H,8,10-12,21H2,(H,23,24). The number of carbonyl (C=O) groups is 1. The van der Waals surface area contributed by atoms with Crippen molar-refractivity contribution in [1.29, 1.82) is 0 Å². The largest absolute Gasteiger partial charge is 0.459 e. The zero-order valence-electron chi connectivity index (χ0n) is 16.2. The smallest absolute Gasteiger partial charge is 0.374 e. The molecule has 3 N–H and O–H groups in total. The van der Waals surface area contributed by atoms with E-state index in [2.05, 4.69) is 14.9 Å². The van der Waals surface area contributed by atoms with Crippen LogP contribution in [-0.2, 0) is 27.7 Å². The van der Waals surface area contributed by atoms with Crippen molar-refractivity contribution in [2.24, 2.45) is 5.73 Å². The summed E-state index contributed by atoms with van der Waals surface area (Å²) in [4.78, 5) is 11.7. The quantitative estimate of drug-likeness (QED) is 0.420. The third-order valence-corrected chi connectivity index (χ3v) is 6.47. The van der Waals surface area contributed by atoms with Crippen LogP contribution in [0.4, 0.5) is 5.13 Å². The molecule has 3 aromatic rings. The molecule has 0 unspecified atom stereocenters. The molecule has 0 aliphatic heterocycles. The van der Waals surface area contributed by atoms with Gasteiger partial charge in [0.15, 0.2) is 0 Å². The number of nitrogens with zero attached hydrogens (tertiary/aromatic N) is 2. The maximum atomic E-state index is 12.3. The number of carbonyl (C=O) groups excluding carboxylic acids is 1. The molecule has 3 rings (SSSR count). The van der Waals surface area contributed by atoms with Crippen molar-refractivity contribution in [3.8, 4) is 0 Å². The van der Waals surface area contributed by atoms with Crippen LogP contribution in [-0.4, -0.2) is 36.9 Å². The second-order valence-corrected chi connectivity index (χ2v) is 9.40. The van der Waals surface area contributed by atoms with Crippen molar-refractivity contribution in [1.82, 2.24) is 10.2 Å². The molecule has 0 aliphatic carbocycles. The van der Waals surface area contributed by atoms with Gasteiger partial charge >= 0.3 is 5.97 Å². The van der Waals surface area contributed by atoms with Crippen molar-refractivity contribution in [3.63, 3.8) is 0 Å². The molecule has 0 radical (unpaired) electrons. The summed E-state index contributed by atoms with van der Waals surface area (Å²) in [6.45, 7) is 0.307. The van der Waals surface area contributed by atoms with Crippen molar-refractivity contribution in [2.75, 3.05) is 17.1 Å².